The largest absolute Gasteiger partial charge is 0.454 e. The van der Waals surface area contributed by atoms with E-state index in [2.05, 4.69) is 10.1 Å². The Morgan fingerprint density at radius 2 is 2.19 bits per heavy atom. The Bertz CT molecular complexity index is 1050. The first-order chi connectivity index (χ1) is 12.4. The molecule has 1 atom stereocenters. The highest BCUT2D eigenvalue weighted by molar-refractivity contribution is 7.90. The topological polar surface area (TPSA) is 91.5 Å². The second-order valence-electron chi connectivity index (χ2n) is 5.69. The first-order valence-electron chi connectivity index (χ1n) is 7.61. The molecule has 1 aromatic carbocycles. The quantitative estimate of drug-likeness (QED) is 0.628. The van der Waals surface area contributed by atoms with Crippen molar-refractivity contribution < 1.29 is 22.4 Å². The predicted molar refractivity (Wildman–Crippen MR) is 96.2 cm³/mol. The van der Waals surface area contributed by atoms with Gasteiger partial charge in [-0.2, -0.15) is 4.98 Å². The maximum absolute atomic E-state index is 12.8. The highest BCUT2D eigenvalue weighted by Crippen LogP contribution is 2.40. The van der Waals surface area contributed by atoms with Crippen LogP contribution in [0, 0.1) is 0 Å². The van der Waals surface area contributed by atoms with Crippen molar-refractivity contribution in [2.75, 3.05) is 6.79 Å². The summed E-state index contributed by atoms with van der Waals surface area (Å²) in [7, 11) is -3.60. The maximum atomic E-state index is 12.8. The van der Waals surface area contributed by atoms with Gasteiger partial charge in [-0.15, -0.1) is 11.3 Å². The normalized spacial score (nSPS) is 14.5. The van der Waals surface area contributed by atoms with Gasteiger partial charge in [-0.1, -0.05) is 22.8 Å². The fraction of sp³-hybridized carbons (Fsp3) is 0.250. The Morgan fingerprint density at radius 1 is 1.35 bits per heavy atom. The predicted octanol–water partition coefficient (Wildman–Crippen LogP) is 3.86. The van der Waals surface area contributed by atoms with Crippen molar-refractivity contribution in [2.45, 2.75) is 17.9 Å². The lowest BCUT2D eigenvalue weighted by molar-refractivity contribution is 0.174. The van der Waals surface area contributed by atoms with Crippen LogP contribution < -0.4 is 9.47 Å². The molecule has 2 aromatic heterocycles. The van der Waals surface area contributed by atoms with E-state index in [1.165, 1.54) is 18.3 Å². The number of benzene rings is 1. The summed E-state index contributed by atoms with van der Waals surface area (Å²) in [6.07, 6.45) is 0. The van der Waals surface area contributed by atoms with Crippen molar-refractivity contribution in [3.8, 4) is 22.2 Å². The monoisotopic (exact) mass is 412 g/mol. The van der Waals surface area contributed by atoms with E-state index in [-0.39, 0.29) is 18.4 Å². The molecule has 4 rings (SSSR count). The molecule has 26 heavy (non-hydrogen) atoms. The van der Waals surface area contributed by atoms with E-state index >= 15 is 0 Å². The van der Waals surface area contributed by atoms with Crippen LogP contribution in [0.3, 0.4) is 0 Å². The zero-order valence-corrected chi connectivity index (χ0v) is 15.9. The van der Waals surface area contributed by atoms with E-state index in [1.54, 1.807) is 12.1 Å². The highest BCUT2D eigenvalue weighted by atomic mass is 35.5. The molecule has 0 spiro atoms. The number of hydrogen-bond acceptors (Lipinski definition) is 8. The first kappa shape index (κ1) is 17.3. The van der Waals surface area contributed by atoms with Gasteiger partial charge in [0.25, 0.3) is 0 Å². The molecule has 0 saturated carbocycles. The van der Waals surface area contributed by atoms with E-state index in [1.807, 2.05) is 17.5 Å². The van der Waals surface area contributed by atoms with E-state index < -0.39 is 15.1 Å². The van der Waals surface area contributed by atoms with Crippen molar-refractivity contribution in [1.82, 2.24) is 10.1 Å². The van der Waals surface area contributed by atoms with E-state index in [0.717, 1.165) is 4.88 Å². The number of aromatic nitrogens is 2. The summed E-state index contributed by atoms with van der Waals surface area (Å²) in [4.78, 5) is 5.03. The SMILES string of the molecule is CC(c1nc(-c2cccs2)no1)S(=O)(=O)Cc1cc(Cl)c2c(c1)OCO2. The van der Waals surface area contributed by atoms with Gasteiger partial charge in [-0.3, -0.25) is 0 Å². The Morgan fingerprint density at radius 3 is 2.96 bits per heavy atom. The molecule has 3 heterocycles. The molecule has 1 aliphatic rings. The van der Waals surface area contributed by atoms with Gasteiger partial charge < -0.3 is 14.0 Å². The third-order valence-electron chi connectivity index (χ3n) is 3.92. The summed E-state index contributed by atoms with van der Waals surface area (Å²) < 4.78 is 41.2. The average molecular weight is 413 g/mol. The van der Waals surface area contributed by atoms with Crippen molar-refractivity contribution in [3.05, 3.63) is 46.1 Å². The van der Waals surface area contributed by atoms with Crippen molar-refractivity contribution in [2.24, 2.45) is 0 Å². The van der Waals surface area contributed by atoms with Crippen LogP contribution in [0.1, 0.15) is 23.6 Å². The summed E-state index contributed by atoms with van der Waals surface area (Å²) in [5, 5.41) is 5.11. The molecule has 136 valence electrons. The molecule has 1 unspecified atom stereocenters. The summed E-state index contributed by atoms with van der Waals surface area (Å²) in [5.74, 6) is 1.07. The van der Waals surface area contributed by atoms with Crippen LogP contribution in [0.5, 0.6) is 11.5 Å². The molecule has 10 heteroatoms. The molecule has 7 nitrogen and oxygen atoms in total. The molecule has 3 aromatic rings. The highest BCUT2D eigenvalue weighted by Gasteiger charge is 2.30. The van der Waals surface area contributed by atoms with Crippen LogP contribution >= 0.6 is 22.9 Å². The average Bonchev–Trinajstić information content (AvgIpc) is 3.33. The molecule has 0 amide bonds. The first-order valence-corrected chi connectivity index (χ1v) is 10.6. The van der Waals surface area contributed by atoms with Crippen molar-refractivity contribution >= 4 is 32.8 Å². The minimum absolute atomic E-state index is 0.0558. The molecule has 0 aliphatic carbocycles. The lowest BCUT2D eigenvalue weighted by Gasteiger charge is -2.10. The third kappa shape index (κ3) is 3.17. The van der Waals surface area contributed by atoms with Crippen molar-refractivity contribution in [3.63, 3.8) is 0 Å². The second kappa shape index (κ2) is 6.57. The van der Waals surface area contributed by atoms with Gasteiger partial charge in [0.2, 0.25) is 18.5 Å². The number of halogens is 1. The fourth-order valence-corrected chi connectivity index (χ4v) is 4.74. The molecule has 0 bridgehead atoms. The van der Waals surface area contributed by atoms with Gasteiger partial charge in [0, 0.05) is 0 Å². The van der Waals surface area contributed by atoms with Gasteiger partial charge in [0.05, 0.1) is 15.7 Å². The number of nitrogens with zero attached hydrogens (tertiary/aromatic N) is 2. The summed E-state index contributed by atoms with van der Waals surface area (Å²) >= 11 is 7.57. The zero-order chi connectivity index (χ0) is 18.3. The second-order valence-corrected chi connectivity index (χ2v) is 9.37. The van der Waals surface area contributed by atoms with Crippen LogP contribution in [-0.4, -0.2) is 25.4 Å². The summed E-state index contributed by atoms with van der Waals surface area (Å²) in [6.45, 7) is 1.59. The van der Waals surface area contributed by atoms with Crippen LogP contribution in [0.2, 0.25) is 5.02 Å². The molecular weight excluding hydrogens is 400 g/mol. The lowest BCUT2D eigenvalue weighted by Crippen LogP contribution is -2.13. The zero-order valence-electron chi connectivity index (χ0n) is 13.5. The third-order valence-corrected chi connectivity index (χ3v) is 7.09. The number of ether oxygens (including phenoxy) is 2. The van der Waals surface area contributed by atoms with Gasteiger partial charge in [0.15, 0.2) is 21.3 Å². The minimum Gasteiger partial charge on any atom is -0.454 e. The Balaban J connectivity index is 1.58. The maximum Gasteiger partial charge on any atom is 0.245 e. The molecule has 0 radical (unpaired) electrons. The van der Waals surface area contributed by atoms with Gasteiger partial charge in [0.1, 0.15) is 5.25 Å². The van der Waals surface area contributed by atoms with Gasteiger partial charge >= 0.3 is 0 Å². The number of hydrogen-bond donors (Lipinski definition) is 0. The minimum atomic E-state index is -3.60. The molecule has 0 saturated heterocycles. The number of rotatable bonds is 5. The van der Waals surface area contributed by atoms with Gasteiger partial charge in [-0.25, -0.2) is 8.42 Å². The van der Waals surface area contributed by atoms with E-state index in [0.29, 0.717) is 27.9 Å². The number of sulfone groups is 1. The smallest absolute Gasteiger partial charge is 0.245 e. The molecule has 0 N–H and O–H groups in total. The molecule has 0 fully saturated rings. The number of fused-ring (bicyclic) bond motifs is 1. The van der Waals surface area contributed by atoms with Gasteiger partial charge in [-0.05, 0) is 36.1 Å². The number of thiophene rings is 1. The van der Waals surface area contributed by atoms with Crippen LogP contribution in [0.4, 0.5) is 0 Å². The Labute approximate surface area is 158 Å². The van der Waals surface area contributed by atoms with Crippen LogP contribution in [0.25, 0.3) is 10.7 Å². The van der Waals surface area contributed by atoms with E-state index in [4.69, 9.17) is 25.6 Å². The fourth-order valence-electron chi connectivity index (χ4n) is 2.52. The van der Waals surface area contributed by atoms with E-state index in [9.17, 15) is 8.42 Å². The molecule has 1 aliphatic heterocycles. The Kier molecular flexibility index (Phi) is 4.37. The standard InChI is InChI=1S/C16H13ClN2O5S2/c1-9(16-18-15(19-24-16)13-3-2-4-25-13)26(20,21)7-10-5-11(17)14-12(6-10)22-8-23-14/h2-6,9H,7-8H2,1H3. The summed E-state index contributed by atoms with van der Waals surface area (Å²) in [5.41, 5.74) is 0.504. The summed E-state index contributed by atoms with van der Waals surface area (Å²) in [6, 6.07) is 6.88. The molecular formula is C16H13ClN2O5S2. The van der Waals surface area contributed by atoms with Crippen molar-refractivity contribution in [1.29, 1.82) is 0 Å². The lowest BCUT2D eigenvalue weighted by atomic mass is 10.2. The Hall–Kier alpha value is -2.10. The van der Waals surface area contributed by atoms with Crippen LogP contribution in [-0.2, 0) is 15.6 Å². The van der Waals surface area contributed by atoms with Crippen LogP contribution in [0.15, 0.2) is 34.2 Å².